The Bertz CT molecular complexity index is 289. The summed E-state index contributed by atoms with van der Waals surface area (Å²) in [6, 6.07) is 0. The van der Waals surface area contributed by atoms with Crippen molar-refractivity contribution in [2.75, 3.05) is 6.54 Å². The molecule has 0 aliphatic heterocycles. The van der Waals surface area contributed by atoms with Gasteiger partial charge in [-0.05, 0) is 24.8 Å². The zero-order chi connectivity index (χ0) is 12.0. The van der Waals surface area contributed by atoms with Gasteiger partial charge in [0, 0.05) is 19.3 Å². The normalized spacial score (nSPS) is 11.6. The third kappa shape index (κ3) is 4.79. The summed E-state index contributed by atoms with van der Waals surface area (Å²) in [6.07, 6.45) is 5.12. The van der Waals surface area contributed by atoms with Gasteiger partial charge in [-0.1, -0.05) is 27.7 Å². The van der Waals surface area contributed by atoms with Crippen molar-refractivity contribution in [1.82, 2.24) is 14.9 Å². The van der Waals surface area contributed by atoms with E-state index in [9.17, 15) is 0 Å². The van der Waals surface area contributed by atoms with Crippen LogP contribution in [0.15, 0.2) is 12.5 Å². The second-order valence-corrected chi connectivity index (χ2v) is 5.29. The van der Waals surface area contributed by atoms with Gasteiger partial charge in [0.2, 0.25) is 0 Å². The minimum atomic E-state index is 0.701. The van der Waals surface area contributed by atoms with Crippen LogP contribution in [0, 0.1) is 11.8 Å². The van der Waals surface area contributed by atoms with Crippen molar-refractivity contribution in [3.8, 4) is 0 Å². The van der Waals surface area contributed by atoms with Crippen molar-refractivity contribution >= 4 is 0 Å². The van der Waals surface area contributed by atoms with Gasteiger partial charge in [-0.25, -0.2) is 4.98 Å². The van der Waals surface area contributed by atoms with E-state index in [-0.39, 0.29) is 0 Å². The van der Waals surface area contributed by atoms with Gasteiger partial charge in [0.25, 0.3) is 0 Å². The second-order valence-electron chi connectivity index (χ2n) is 5.29. The smallest absolute Gasteiger partial charge is 0.0948 e. The fourth-order valence-corrected chi connectivity index (χ4v) is 1.58. The lowest BCUT2D eigenvalue weighted by atomic mass is 10.1. The first-order valence-corrected chi connectivity index (χ1v) is 6.29. The molecule has 0 aromatic carbocycles. The van der Waals surface area contributed by atoms with Crippen molar-refractivity contribution in [2.45, 2.75) is 47.2 Å². The average Bonchev–Trinajstić information content (AvgIpc) is 2.62. The largest absolute Gasteiger partial charge is 0.333 e. The molecule has 0 amide bonds. The predicted molar refractivity (Wildman–Crippen MR) is 68.2 cm³/mol. The summed E-state index contributed by atoms with van der Waals surface area (Å²) in [5, 5.41) is 3.45. The molecule has 0 bridgehead atoms. The third-order valence-corrected chi connectivity index (χ3v) is 2.60. The van der Waals surface area contributed by atoms with Crippen LogP contribution in [0.5, 0.6) is 0 Å². The zero-order valence-electron chi connectivity index (χ0n) is 11.0. The van der Waals surface area contributed by atoms with Crippen molar-refractivity contribution in [3.63, 3.8) is 0 Å². The van der Waals surface area contributed by atoms with Crippen molar-refractivity contribution in [3.05, 3.63) is 18.2 Å². The number of aromatic nitrogens is 2. The number of nitrogens with one attached hydrogen (secondary N) is 1. The Hall–Kier alpha value is -0.830. The summed E-state index contributed by atoms with van der Waals surface area (Å²) in [5.74, 6) is 1.45. The molecule has 1 aromatic heterocycles. The summed E-state index contributed by atoms with van der Waals surface area (Å²) in [6.45, 7) is 12.0. The van der Waals surface area contributed by atoms with Crippen LogP contribution in [-0.4, -0.2) is 16.1 Å². The summed E-state index contributed by atoms with van der Waals surface area (Å²) in [7, 11) is 0. The zero-order valence-corrected chi connectivity index (χ0v) is 11.0. The van der Waals surface area contributed by atoms with Gasteiger partial charge in [0.1, 0.15) is 0 Å². The quantitative estimate of drug-likeness (QED) is 0.770. The Balaban J connectivity index is 2.38. The number of imidazole rings is 1. The molecule has 3 heteroatoms. The predicted octanol–water partition coefficient (Wildman–Crippen LogP) is 2.67. The van der Waals surface area contributed by atoms with E-state index in [2.05, 4.69) is 42.6 Å². The number of hydrogen-bond donors (Lipinski definition) is 1. The highest BCUT2D eigenvalue weighted by molar-refractivity contribution is 4.97. The lowest BCUT2D eigenvalue weighted by molar-refractivity contribution is 0.491. The van der Waals surface area contributed by atoms with E-state index >= 15 is 0 Å². The highest BCUT2D eigenvalue weighted by Crippen LogP contribution is 2.06. The van der Waals surface area contributed by atoms with Crippen LogP contribution in [-0.2, 0) is 13.1 Å². The summed E-state index contributed by atoms with van der Waals surface area (Å²) in [4.78, 5) is 4.22. The van der Waals surface area contributed by atoms with E-state index in [4.69, 9.17) is 0 Å². The SMILES string of the molecule is CC(C)CCn1cncc1CNCC(C)C. The molecule has 0 saturated carbocycles. The molecule has 0 fully saturated rings. The van der Waals surface area contributed by atoms with Gasteiger partial charge in [-0.3, -0.25) is 0 Å². The molecule has 3 nitrogen and oxygen atoms in total. The van der Waals surface area contributed by atoms with E-state index in [1.165, 1.54) is 12.1 Å². The van der Waals surface area contributed by atoms with Gasteiger partial charge in [-0.15, -0.1) is 0 Å². The minimum Gasteiger partial charge on any atom is -0.333 e. The van der Waals surface area contributed by atoms with E-state index in [0.29, 0.717) is 5.92 Å². The van der Waals surface area contributed by atoms with Crippen LogP contribution in [0.2, 0.25) is 0 Å². The topological polar surface area (TPSA) is 29.9 Å². The minimum absolute atomic E-state index is 0.701. The fourth-order valence-electron chi connectivity index (χ4n) is 1.58. The molecular weight excluding hydrogens is 198 g/mol. The molecule has 92 valence electrons. The maximum atomic E-state index is 4.22. The first-order valence-electron chi connectivity index (χ1n) is 6.29. The number of hydrogen-bond acceptors (Lipinski definition) is 2. The Morgan fingerprint density at radius 1 is 1.25 bits per heavy atom. The van der Waals surface area contributed by atoms with Gasteiger partial charge in [0.15, 0.2) is 0 Å². The first kappa shape index (κ1) is 13.2. The molecule has 0 unspecified atom stereocenters. The molecule has 0 saturated heterocycles. The molecule has 1 N–H and O–H groups in total. The maximum absolute atomic E-state index is 4.22. The van der Waals surface area contributed by atoms with Gasteiger partial charge in [-0.2, -0.15) is 0 Å². The Labute approximate surface area is 99.3 Å². The Kier molecular flexibility index (Phi) is 5.53. The molecule has 16 heavy (non-hydrogen) atoms. The Morgan fingerprint density at radius 2 is 2.00 bits per heavy atom. The molecule has 1 rings (SSSR count). The molecule has 0 atom stereocenters. The van der Waals surface area contributed by atoms with E-state index in [0.717, 1.165) is 25.6 Å². The van der Waals surface area contributed by atoms with E-state index < -0.39 is 0 Å². The highest BCUT2D eigenvalue weighted by atomic mass is 15.1. The van der Waals surface area contributed by atoms with Gasteiger partial charge < -0.3 is 9.88 Å². The summed E-state index contributed by atoms with van der Waals surface area (Å²) < 4.78 is 2.26. The van der Waals surface area contributed by atoms with Crippen LogP contribution >= 0.6 is 0 Å². The fraction of sp³-hybridized carbons (Fsp3) is 0.769. The second kappa shape index (κ2) is 6.69. The maximum Gasteiger partial charge on any atom is 0.0948 e. The van der Waals surface area contributed by atoms with Crippen LogP contribution in [0.3, 0.4) is 0 Å². The van der Waals surface area contributed by atoms with Crippen molar-refractivity contribution in [2.24, 2.45) is 11.8 Å². The van der Waals surface area contributed by atoms with E-state index in [1.807, 2.05) is 12.5 Å². The molecular formula is C13H25N3. The molecule has 0 spiro atoms. The van der Waals surface area contributed by atoms with Crippen LogP contribution in [0.1, 0.15) is 39.8 Å². The first-order chi connectivity index (χ1) is 7.59. The molecule has 0 aliphatic carbocycles. The molecule has 0 aliphatic rings. The number of rotatable bonds is 7. The standard InChI is InChI=1S/C13H25N3/c1-11(2)5-6-16-10-15-9-13(16)8-14-7-12(3)4/h9-12,14H,5-8H2,1-4H3. The lowest BCUT2D eigenvalue weighted by Gasteiger charge is -2.11. The average molecular weight is 223 g/mol. The monoisotopic (exact) mass is 223 g/mol. The van der Waals surface area contributed by atoms with Crippen LogP contribution in [0.25, 0.3) is 0 Å². The molecule has 1 heterocycles. The van der Waals surface area contributed by atoms with Gasteiger partial charge in [0.05, 0.1) is 12.0 Å². The van der Waals surface area contributed by atoms with Crippen LogP contribution < -0.4 is 5.32 Å². The molecule has 0 radical (unpaired) electrons. The number of aryl methyl sites for hydroxylation is 1. The lowest BCUT2D eigenvalue weighted by Crippen LogP contribution is -2.21. The van der Waals surface area contributed by atoms with Crippen LogP contribution in [0.4, 0.5) is 0 Å². The summed E-state index contributed by atoms with van der Waals surface area (Å²) >= 11 is 0. The van der Waals surface area contributed by atoms with Crippen molar-refractivity contribution < 1.29 is 0 Å². The molecule has 1 aromatic rings. The van der Waals surface area contributed by atoms with E-state index in [1.54, 1.807) is 0 Å². The van der Waals surface area contributed by atoms with Crippen molar-refractivity contribution in [1.29, 1.82) is 0 Å². The highest BCUT2D eigenvalue weighted by Gasteiger charge is 2.03. The summed E-state index contributed by atoms with van der Waals surface area (Å²) in [5.41, 5.74) is 1.29. The third-order valence-electron chi connectivity index (χ3n) is 2.60. The van der Waals surface area contributed by atoms with Gasteiger partial charge >= 0.3 is 0 Å². The number of nitrogens with zero attached hydrogens (tertiary/aromatic N) is 2. The Morgan fingerprint density at radius 3 is 2.62 bits per heavy atom.